The number of nitrogens with one attached hydrogen (secondary N) is 1. The van der Waals surface area contributed by atoms with E-state index < -0.39 is 0 Å². The fourth-order valence-electron chi connectivity index (χ4n) is 3.08. The molecular formula is C16H22ClFN2. The third kappa shape index (κ3) is 3.33. The Morgan fingerprint density at radius 1 is 1.35 bits per heavy atom. The smallest absolute Gasteiger partial charge is 0.127 e. The number of hydrogen-bond donors (Lipinski definition) is 1. The average molecular weight is 297 g/mol. The first-order valence-corrected chi connectivity index (χ1v) is 7.92. The molecule has 0 spiro atoms. The van der Waals surface area contributed by atoms with Gasteiger partial charge >= 0.3 is 0 Å². The minimum atomic E-state index is -0.151. The Morgan fingerprint density at radius 3 is 2.90 bits per heavy atom. The van der Waals surface area contributed by atoms with Gasteiger partial charge in [-0.3, -0.25) is 4.90 Å². The lowest BCUT2D eigenvalue weighted by molar-refractivity contribution is 0.188. The van der Waals surface area contributed by atoms with Crippen LogP contribution in [0, 0.1) is 11.7 Å². The molecule has 3 rings (SSSR count). The molecule has 1 heterocycles. The fraction of sp³-hybridized carbons (Fsp3) is 0.625. The highest BCUT2D eigenvalue weighted by molar-refractivity contribution is 6.30. The van der Waals surface area contributed by atoms with Gasteiger partial charge in [0.1, 0.15) is 5.82 Å². The molecule has 1 aromatic carbocycles. The van der Waals surface area contributed by atoms with Gasteiger partial charge in [0.05, 0.1) is 0 Å². The summed E-state index contributed by atoms with van der Waals surface area (Å²) < 4.78 is 13.9. The van der Waals surface area contributed by atoms with Gasteiger partial charge in [0.25, 0.3) is 0 Å². The van der Waals surface area contributed by atoms with Gasteiger partial charge < -0.3 is 5.32 Å². The molecule has 1 N–H and O–H groups in total. The molecule has 1 aromatic rings. The summed E-state index contributed by atoms with van der Waals surface area (Å²) in [6.45, 7) is 4.96. The zero-order chi connectivity index (χ0) is 14.1. The first kappa shape index (κ1) is 14.3. The van der Waals surface area contributed by atoms with Crippen molar-refractivity contribution in [2.24, 2.45) is 5.92 Å². The van der Waals surface area contributed by atoms with E-state index in [1.165, 1.54) is 18.9 Å². The van der Waals surface area contributed by atoms with E-state index in [0.29, 0.717) is 29.2 Å². The molecule has 20 heavy (non-hydrogen) atoms. The van der Waals surface area contributed by atoms with Crippen molar-refractivity contribution in [1.82, 2.24) is 10.2 Å². The molecule has 4 heteroatoms. The maximum Gasteiger partial charge on any atom is 0.127 e. The van der Waals surface area contributed by atoms with Crippen molar-refractivity contribution in [2.45, 2.75) is 44.8 Å². The predicted octanol–water partition coefficient (Wildman–Crippen LogP) is 3.44. The van der Waals surface area contributed by atoms with Crippen LogP contribution in [-0.4, -0.2) is 30.1 Å². The summed E-state index contributed by atoms with van der Waals surface area (Å²) in [5.74, 6) is 0.675. The van der Waals surface area contributed by atoms with Crippen LogP contribution in [0.25, 0.3) is 0 Å². The van der Waals surface area contributed by atoms with E-state index in [-0.39, 0.29) is 5.82 Å². The van der Waals surface area contributed by atoms with Crippen molar-refractivity contribution in [3.63, 3.8) is 0 Å². The van der Waals surface area contributed by atoms with E-state index in [4.69, 9.17) is 11.6 Å². The summed E-state index contributed by atoms with van der Waals surface area (Å²) in [6.07, 6.45) is 3.79. The maximum absolute atomic E-state index is 13.9. The number of nitrogens with zero attached hydrogens (tertiary/aromatic N) is 1. The number of hydrogen-bond acceptors (Lipinski definition) is 2. The summed E-state index contributed by atoms with van der Waals surface area (Å²) in [7, 11) is 0. The molecule has 1 saturated carbocycles. The van der Waals surface area contributed by atoms with Gasteiger partial charge in [-0.2, -0.15) is 0 Å². The van der Waals surface area contributed by atoms with E-state index in [9.17, 15) is 4.39 Å². The molecule has 2 aliphatic rings. The average Bonchev–Trinajstić information content (AvgIpc) is 3.24. The second kappa shape index (κ2) is 6.00. The standard InChI is InChI=1S/C16H22ClFN2/c1-11-6-7-19-16(12-2-3-12)10-20(11)9-13-8-14(17)4-5-15(13)18/h4-5,8,11-12,16,19H,2-3,6-7,9-10H2,1H3. The molecule has 2 nitrogen and oxygen atoms in total. The van der Waals surface area contributed by atoms with Gasteiger partial charge in [0, 0.05) is 35.8 Å². The van der Waals surface area contributed by atoms with Crippen LogP contribution < -0.4 is 5.32 Å². The van der Waals surface area contributed by atoms with E-state index in [2.05, 4.69) is 17.1 Å². The summed E-state index contributed by atoms with van der Waals surface area (Å²) in [4.78, 5) is 2.40. The van der Waals surface area contributed by atoms with Crippen LogP contribution in [0.2, 0.25) is 5.02 Å². The lowest BCUT2D eigenvalue weighted by atomic mass is 10.1. The molecule has 0 aromatic heterocycles. The topological polar surface area (TPSA) is 15.3 Å². The largest absolute Gasteiger partial charge is 0.312 e. The Labute approximate surface area is 125 Å². The van der Waals surface area contributed by atoms with Crippen LogP contribution in [0.4, 0.5) is 4.39 Å². The van der Waals surface area contributed by atoms with Gasteiger partial charge in [0.15, 0.2) is 0 Å². The second-order valence-electron chi connectivity index (χ2n) is 6.20. The fourth-order valence-corrected chi connectivity index (χ4v) is 3.27. The Kier molecular flexibility index (Phi) is 4.29. The van der Waals surface area contributed by atoms with Gasteiger partial charge in [-0.15, -0.1) is 0 Å². The van der Waals surface area contributed by atoms with Gasteiger partial charge in [0.2, 0.25) is 0 Å². The van der Waals surface area contributed by atoms with Crippen molar-refractivity contribution in [1.29, 1.82) is 0 Å². The summed E-state index contributed by atoms with van der Waals surface area (Å²) >= 11 is 5.99. The lowest BCUT2D eigenvalue weighted by Crippen LogP contribution is -2.41. The number of rotatable bonds is 3. The van der Waals surface area contributed by atoms with Crippen molar-refractivity contribution < 1.29 is 4.39 Å². The van der Waals surface area contributed by atoms with Gasteiger partial charge in [-0.25, -0.2) is 4.39 Å². The monoisotopic (exact) mass is 296 g/mol. The van der Waals surface area contributed by atoms with Gasteiger partial charge in [-0.1, -0.05) is 11.6 Å². The molecular weight excluding hydrogens is 275 g/mol. The molecule has 2 fully saturated rings. The van der Waals surface area contributed by atoms with Crippen LogP contribution in [0.5, 0.6) is 0 Å². The first-order chi connectivity index (χ1) is 9.63. The molecule has 0 amide bonds. The number of benzene rings is 1. The van der Waals surface area contributed by atoms with Crippen LogP contribution in [-0.2, 0) is 6.54 Å². The summed E-state index contributed by atoms with van der Waals surface area (Å²) in [5.41, 5.74) is 0.709. The van der Waals surface area contributed by atoms with Crippen LogP contribution in [0.3, 0.4) is 0 Å². The highest BCUT2D eigenvalue weighted by atomic mass is 35.5. The van der Waals surface area contributed by atoms with E-state index in [1.807, 2.05) is 0 Å². The molecule has 0 radical (unpaired) electrons. The third-order valence-corrected chi connectivity index (χ3v) is 4.83. The molecule has 110 valence electrons. The summed E-state index contributed by atoms with van der Waals surface area (Å²) in [5, 5.41) is 4.27. The van der Waals surface area contributed by atoms with E-state index in [1.54, 1.807) is 12.1 Å². The zero-order valence-corrected chi connectivity index (χ0v) is 12.7. The van der Waals surface area contributed by atoms with Gasteiger partial charge in [-0.05, 0) is 56.8 Å². The minimum Gasteiger partial charge on any atom is -0.312 e. The van der Waals surface area contributed by atoms with Crippen molar-refractivity contribution >= 4 is 11.6 Å². The van der Waals surface area contributed by atoms with Crippen molar-refractivity contribution in [2.75, 3.05) is 13.1 Å². The Morgan fingerprint density at radius 2 is 2.15 bits per heavy atom. The third-order valence-electron chi connectivity index (χ3n) is 4.60. The molecule has 0 bridgehead atoms. The van der Waals surface area contributed by atoms with Crippen molar-refractivity contribution in [3.05, 3.63) is 34.6 Å². The predicted molar refractivity (Wildman–Crippen MR) is 80.4 cm³/mol. The number of halogens is 2. The highest BCUT2D eigenvalue weighted by Gasteiger charge is 2.34. The SMILES string of the molecule is CC1CCNC(C2CC2)CN1Cc1cc(Cl)ccc1F. The second-order valence-corrected chi connectivity index (χ2v) is 6.64. The molecule has 2 unspecified atom stereocenters. The molecule has 2 atom stereocenters. The van der Waals surface area contributed by atoms with Crippen LogP contribution >= 0.6 is 11.6 Å². The zero-order valence-electron chi connectivity index (χ0n) is 11.9. The van der Waals surface area contributed by atoms with Crippen LogP contribution in [0.1, 0.15) is 31.7 Å². The normalized spacial score (nSPS) is 28.4. The minimum absolute atomic E-state index is 0.151. The highest BCUT2D eigenvalue weighted by Crippen LogP contribution is 2.34. The molecule has 1 saturated heterocycles. The quantitative estimate of drug-likeness (QED) is 0.919. The summed E-state index contributed by atoms with van der Waals surface area (Å²) in [6, 6.07) is 5.89. The van der Waals surface area contributed by atoms with E-state index in [0.717, 1.165) is 25.4 Å². The Balaban J connectivity index is 1.74. The maximum atomic E-state index is 13.9. The first-order valence-electron chi connectivity index (χ1n) is 7.55. The molecule has 1 aliphatic heterocycles. The van der Waals surface area contributed by atoms with Crippen molar-refractivity contribution in [3.8, 4) is 0 Å². The Bertz CT molecular complexity index is 476. The van der Waals surface area contributed by atoms with E-state index >= 15 is 0 Å². The molecule has 1 aliphatic carbocycles. The van der Waals surface area contributed by atoms with Crippen LogP contribution in [0.15, 0.2) is 18.2 Å². The lowest BCUT2D eigenvalue weighted by Gasteiger charge is -2.29. The Hall–Kier alpha value is -0.640.